The number of nitrogens with one attached hydrogen (secondary N) is 4. The second kappa shape index (κ2) is 13.4. The SMILES string of the molecule is CNc1ncnc2c1ncn2-c1ccc(NC(=O)Nc2ccc(CCNCCCCN(C)C)c(C(F)(F)F)c2)cc1. The standard InChI is InChI=1S/C28H34F3N9O/c1-32-25-24-26(35-17-34-25)40(18-36-24)22-10-8-20(9-11-22)37-27(41)38-21-7-6-19(23(16-21)28(29,30)31)12-14-33-13-4-5-15-39(2)3/h6-11,16-18,33H,4-5,12-15H2,1-3H3,(H,32,34,35)(H2,37,38,41). The van der Waals surface area contributed by atoms with Crippen LogP contribution in [0.1, 0.15) is 24.0 Å². The third-order valence-electron chi connectivity index (χ3n) is 6.43. The average molecular weight is 570 g/mol. The van der Waals surface area contributed by atoms with Crippen LogP contribution in [-0.2, 0) is 12.6 Å². The number of hydrogen-bond donors (Lipinski definition) is 4. The number of rotatable bonds is 12. The van der Waals surface area contributed by atoms with E-state index in [0.717, 1.165) is 37.7 Å². The van der Waals surface area contributed by atoms with Gasteiger partial charge in [-0.05, 0) is 95.0 Å². The van der Waals surface area contributed by atoms with Crippen molar-refractivity contribution in [3.05, 3.63) is 66.2 Å². The minimum absolute atomic E-state index is 0.0525. The van der Waals surface area contributed by atoms with E-state index < -0.39 is 17.8 Å². The van der Waals surface area contributed by atoms with E-state index in [1.165, 1.54) is 18.5 Å². The van der Waals surface area contributed by atoms with Crippen molar-refractivity contribution in [1.82, 2.24) is 29.7 Å². The Labute approximate surface area is 236 Å². The molecular formula is C28H34F3N9O. The van der Waals surface area contributed by atoms with Gasteiger partial charge in [0.25, 0.3) is 0 Å². The zero-order valence-corrected chi connectivity index (χ0v) is 23.2. The summed E-state index contributed by atoms with van der Waals surface area (Å²) < 4.78 is 43.1. The first-order chi connectivity index (χ1) is 19.7. The van der Waals surface area contributed by atoms with E-state index in [-0.39, 0.29) is 17.7 Å². The van der Waals surface area contributed by atoms with Crippen molar-refractivity contribution in [1.29, 1.82) is 0 Å². The fourth-order valence-electron chi connectivity index (χ4n) is 4.37. The van der Waals surface area contributed by atoms with Gasteiger partial charge in [0.15, 0.2) is 17.0 Å². The number of nitrogens with zero attached hydrogens (tertiary/aromatic N) is 5. The van der Waals surface area contributed by atoms with Crippen LogP contribution >= 0.6 is 0 Å². The molecule has 41 heavy (non-hydrogen) atoms. The third kappa shape index (κ3) is 7.92. The first-order valence-electron chi connectivity index (χ1n) is 13.3. The van der Waals surface area contributed by atoms with Crippen LogP contribution in [0.25, 0.3) is 16.9 Å². The van der Waals surface area contributed by atoms with Crippen LogP contribution in [-0.4, -0.2) is 71.2 Å². The molecule has 0 bridgehead atoms. The Hall–Kier alpha value is -4.23. The maximum absolute atomic E-state index is 13.8. The third-order valence-corrected chi connectivity index (χ3v) is 6.43. The van der Waals surface area contributed by atoms with Crippen molar-refractivity contribution in [2.24, 2.45) is 0 Å². The van der Waals surface area contributed by atoms with Crippen molar-refractivity contribution < 1.29 is 18.0 Å². The molecule has 0 radical (unpaired) electrons. The molecule has 0 aliphatic carbocycles. The molecular weight excluding hydrogens is 535 g/mol. The Morgan fingerprint density at radius 2 is 1.68 bits per heavy atom. The lowest BCUT2D eigenvalue weighted by Crippen LogP contribution is -2.22. The van der Waals surface area contributed by atoms with Gasteiger partial charge in [-0.2, -0.15) is 13.2 Å². The van der Waals surface area contributed by atoms with Gasteiger partial charge in [-0.1, -0.05) is 6.07 Å². The van der Waals surface area contributed by atoms with Crippen LogP contribution in [0, 0.1) is 0 Å². The number of carbonyl (C=O) groups excluding carboxylic acids is 1. The molecule has 0 unspecified atom stereocenters. The molecule has 0 fully saturated rings. The minimum Gasteiger partial charge on any atom is -0.371 e. The number of carbonyl (C=O) groups is 1. The number of unbranched alkanes of at least 4 members (excludes halogenated alkanes) is 1. The summed E-state index contributed by atoms with van der Waals surface area (Å²) in [5.74, 6) is 0.605. The number of fused-ring (bicyclic) bond motifs is 1. The topological polar surface area (TPSA) is 112 Å². The van der Waals surface area contributed by atoms with Crippen molar-refractivity contribution in [2.75, 3.05) is 56.7 Å². The van der Waals surface area contributed by atoms with Crippen molar-refractivity contribution in [3.63, 3.8) is 0 Å². The van der Waals surface area contributed by atoms with Crippen molar-refractivity contribution >= 4 is 34.4 Å². The molecule has 4 N–H and O–H groups in total. The summed E-state index contributed by atoms with van der Waals surface area (Å²) in [7, 11) is 5.76. The van der Waals surface area contributed by atoms with Gasteiger partial charge in [0, 0.05) is 24.1 Å². The summed E-state index contributed by atoms with van der Waals surface area (Å²) in [4.78, 5) is 27.5. The van der Waals surface area contributed by atoms with E-state index in [1.54, 1.807) is 42.2 Å². The number of benzene rings is 2. The van der Waals surface area contributed by atoms with E-state index in [9.17, 15) is 18.0 Å². The Kier molecular flexibility index (Phi) is 9.73. The number of urea groups is 1. The van der Waals surface area contributed by atoms with E-state index in [4.69, 9.17) is 0 Å². The highest BCUT2D eigenvalue weighted by Gasteiger charge is 2.33. The first-order valence-corrected chi connectivity index (χ1v) is 13.3. The number of alkyl halides is 3. The lowest BCUT2D eigenvalue weighted by molar-refractivity contribution is -0.138. The molecule has 218 valence electrons. The Morgan fingerprint density at radius 1 is 0.951 bits per heavy atom. The molecule has 0 saturated heterocycles. The summed E-state index contributed by atoms with van der Waals surface area (Å²) in [6, 6.07) is 10.1. The van der Waals surface area contributed by atoms with E-state index in [2.05, 4.69) is 41.1 Å². The summed E-state index contributed by atoms with van der Waals surface area (Å²) in [5.41, 5.74) is 1.93. The molecule has 13 heteroatoms. The molecule has 10 nitrogen and oxygen atoms in total. The average Bonchev–Trinajstić information content (AvgIpc) is 3.37. The smallest absolute Gasteiger partial charge is 0.371 e. The van der Waals surface area contributed by atoms with Crippen LogP contribution < -0.4 is 21.3 Å². The molecule has 0 spiro atoms. The second-order valence-corrected chi connectivity index (χ2v) is 9.77. The summed E-state index contributed by atoms with van der Waals surface area (Å²) in [6.07, 6.45) is 0.735. The highest BCUT2D eigenvalue weighted by molar-refractivity contribution is 5.99. The molecule has 2 aromatic heterocycles. The van der Waals surface area contributed by atoms with Gasteiger partial charge in [-0.15, -0.1) is 0 Å². The fraction of sp³-hybridized carbons (Fsp3) is 0.357. The highest BCUT2D eigenvalue weighted by atomic mass is 19.4. The van der Waals surface area contributed by atoms with Crippen molar-refractivity contribution in [3.8, 4) is 5.69 Å². The number of amides is 2. The van der Waals surface area contributed by atoms with E-state index in [0.29, 0.717) is 29.2 Å². The largest absolute Gasteiger partial charge is 0.416 e. The minimum atomic E-state index is -4.54. The lowest BCUT2D eigenvalue weighted by atomic mass is 10.0. The zero-order valence-electron chi connectivity index (χ0n) is 23.2. The molecule has 4 rings (SSSR count). The van der Waals surface area contributed by atoms with Gasteiger partial charge >= 0.3 is 12.2 Å². The molecule has 0 aliphatic heterocycles. The zero-order chi connectivity index (χ0) is 29.4. The van der Waals surface area contributed by atoms with E-state index in [1.807, 2.05) is 14.1 Å². The van der Waals surface area contributed by atoms with Gasteiger partial charge < -0.3 is 26.2 Å². The molecule has 0 aliphatic rings. The van der Waals surface area contributed by atoms with E-state index >= 15 is 0 Å². The maximum Gasteiger partial charge on any atom is 0.416 e. The second-order valence-electron chi connectivity index (χ2n) is 9.77. The maximum atomic E-state index is 13.8. The molecule has 2 amide bonds. The summed E-state index contributed by atoms with van der Waals surface area (Å²) in [6.45, 7) is 2.16. The molecule has 0 saturated carbocycles. The van der Waals surface area contributed by atoms with Crippen LogP contribution in [0.4, 0.5) is 35.2 Å². The number of anilines is 3. The summed E-state index contributed by atoms with van der Waals surface area (Å²) in [5, 5.41) is 11.3. The quantitative estimate of drug-likeness (QED) is 0.178. The predicted molar refractivity (Wildman–Crippen MR) is 155 cm³/mol. The van der Waals surface area contributed by atoms with Crippen LogP contribution in [0.5, 0.6) is 0 Å². The molecule has 2 aromatic carbocycles. The van der Waals surface area contributed by atoms with Gasteiger partial charge in [-0.25, -0.2) is 19.7 Å². The van der Waals surface area contributed by atoms with Crippen LogP contribution in [0.15, 0.2) is 55.1 Å². The summed E-state index contributed by atoms with van der Waals surface area (Å²) >= 11 is 0. The normalized spacial score (nSPS) is 11.7. The highest BCUT2D eigenvalue weighted by Crippen LogP contribution is 2.34. The fourth-order valence-corrected chi connectivity index (χ4v) is 4.37. The number of aromatic nitrogens is 4. The molecule has 0 atom stereocenters. The van der Waals surface area contributed by atoms with Gasteiger partial charge in [0.05, 0.1) is 5.56 Å². The lowest BCUT2D eigenvalue weighted by Gasteiger charge is -2.16. The monoisotopic (exact) mass is 569 g/mol. The van der Waals surface area contributed by atoms with Gasteiger partial charge in [0.1, 0.15) is 12.7 Å². The van der Waals surface area contributed by atoms with Crippen LogP contribution in [0.3, 0.4) is 0 Å². The number of halogens is 3. The van der Waals surface area contributed by atoms with Crippen LogP contribution in [0.2, 0.25) is 0 Å². The number of imidazole rings is 1. The molecule has 4 aromatic rings. The van der Waals surface area contributed by atoms with Crippen molar-refractivity contribution in [2.45, 2.75) is 25.4 Å². The molecule has 2 heterocycles. The van der Waals surface area contributed by atoms with Gasteiger partial charge in [0.2, 0.25) is 0 Å². The Morgan fingerprint density at radius 3 is 2.39 bits per heavy atom. The first kappa shape index (κ1) is 29.7. The van der Waals surface area contributed by atoms with Gasteiger partial charge in [-0.3, -0.25) is 4.57 Å². The Bertz CT molecular complexity index is 1450. The number of hydrogen-bond acceptors (Lipinski definition) is 7. The Balaban J connectivity index is 1.35. The predicted octanol–water partition coefficient (Wildman–Crippen LogP) is 4.99.